The molecular weight excluding hydrogens is 374 g/mol. The SMILES string of the molecule is CC(C)(C)OC(=O)[C@H](CCCOS(C)(=O)=O)NC(=O)OCc1ccccc1. The molecule has 1 N–H and O–H groups in total. The number of alkyl carbamates (subject to hydrolysis) is 1. The van der Waals surface area contributed by atoms with E-state index in [2.05, 4.69) is 9.50 Å². The summed E-state index contributed by atoms with van der Waals surface area (Å²) >= 11 is 0. The summed E-state index contributed by atoms with van der Waals surface area (Å²) in [5, 5.41) is 2.47. The summed E-state index contributed by atoms with van der Waals surface area (Å²) in [6, 6.07) is 8.13. The lowest BCUT2D eigenvalue weighted by Gasteiger charge is -2.24. The Morgan fingerprint density at radius 3 is 2.33 bits per heavy atom. The number of rotatable bonds is 9. The average molecular weight is 401 g/mol. The van der Waals surface area contributed by atoms with E-state index in [-0.39, 0.29) is 26.1 Å². The van der Waals surface area contributed by atoms with Gasteiger partial charge in [-0.05, 0) is 39.2 Å². The molecule has 1 aromatic carbocycles. The van der Waals surface area contributed by atoms with Crippen molar-refractivity contribution in [1.82, 2.24) is 5.32 Å². The molecule has 8 nitrogen and oxygen atoms in total. The molecule has 0 saturated carbocycles. The van der Waals surface area contributed by atoms with Gasteiger partial charge in [0.1, 0.15) is 18.2 Å². The zero-order valence-corrected chi connectivity index (χ0v) is 16.9. The second-order valence-electron chi connectivity index (χ2n) is 6.96. The Labute approximate surface area is 160 Å². The van der Waals surface area contributed by atoms with Crippen molar-refractivity contribution >= 4 is 22.2 Å². The Hall–Kier alpha value is -2.13. The molecule has 0 heterocycles. The quantitative estimate of drug-likeness (QED) is 0.384. The van der Waals surface area contributed by atoms with Crippen molar-refractivity contribution in [3.05, 3.63) is 35.9 Å². The molecular formula is C18H27NO7S. The van der Waals surface area contributed by atoms with E-state index in [4.69, 9.17) is 9.47 Å². The van der Waals surface area contributed by atoms with Gasteiger partial charge in [0.15, 0.2) is 0 Å². The number of nitrogens with one attached hydrogen (secondary N) is 1. The third-order valence-corrected chi connectivity index (χ3v) is 3.73. The van der Waals surface area contributed by atoms with Crippen molar-refractivity contribution < 1.29 is 31.7 Å². The number of amides is 1. The minimum Gasteiger partial charge on any atom is -0.458 e. The van der Waals surface area contributed by atoms with Crippen molar-refractivity contribution in [1.29, 1.82) is 0 Å². The fourth-order valence-corrected chi connectivity index (χ4v) is 2.45. The van der Waals surface area contributed by atoms with Crippen LogP contribution in [0, 0.1) is 0 Å². The molecule has 1 atom stereocenters. The van der Waals surface area contributed by atoms with Crippen LogP contribution in [0.25, 0.3) is 0 Å². The average Bonchev–Trinajstić information content (AvgIpc) is 2.54. The van der Waals surface area contributed by atoms with Crippen LogP contribution in [-0.4, -0.2) is 45.0 Å². The maximum absolute atomic E-state index is 12.3. The largest absolute Gasteiger partial charge is 0.458 e. The summed E-state index contributed by atoms with van der Waals surface area (Å²) in [5.74, 6) is -0.626. The first-order valence-electron chi connectivity index (χ1n) is 8.51. The predicted octanol–water partition coefficient (Wildman–Crippen LogP) is 2.38. The highest BCUT2D eigenvalue weighted by molar-refractivity contribution is 7.85. The Kier molecular flexibility index (Phi) is 8.71. The molecule has 1 amide bonds. The first-order valence-corrected chi connectivity index (χ1v) is 10.3. The van der Waals surface area contributed by atoms with Gasteiger partial charge in [-0.3, -0.25) is 4.18 Å². The number of hydrogen-bond acceptors (Lipinski definition) is 7. The van der Waals surface area contributed by atoms with E-state index in [0.717, 1.165) is 11.8 Å². The van der Waals surface area contributed by atoms with Gasteiger partial charge in [0.05, 0.1) is 12.9 Å². The van der Waals surface area contributed by atoms with E-state index < -0.39 is 33.8 Å². The summed E-state index contributed by atoms with van der Waals surface area (Å²) in [6.07, 6.45) is 0.553. The highest BCUT2D eigenvalue weighted by Crippen LogP contribution is 2.11. The van der Waals surface area contributed by atoms with Crippen LogP contribution in [0.5, 0.6) is 0 Å². The molecule has 0 aliphatic carbocycles. The molecule has 0 aromatic heterocycles. The van der Waals surface area contributed by atoms with Crippen LogP contribution >= 0.6 is 0 Å². The summed E-state index contributed by atoms with van der Waals surface area (Å²) < 4.78 is 37.0. The fourth-order valence-electron chi connectivity index (χ4n) is 2.03. The van der Waals surface area contributed by atoms with E-state index in [1.165, 1.54) is 0 Å². The van der Waals surface area contributed by atoms with Gasteiger partial charge in [0.25, 0.3) is 10.1 Å². The topological polar surface area (TPSA) is 108 Å². The minimum atomic E-state index is -3.56. The van der Waals surface area contributed by atoms with Crippen LogP contribution in [0.4, 0.5) is 4.79 Å². The molecule has 9 heteroatoms. The number of hydrogen-bond donors (Lipinski definition) is 1. The normalized spacial score (nSPS) is 12.9. The number of esters is 1. The van der Waals surface area contributed by atoms with E-state index in [0.29, 0.717) is 0 Å². The van der Waals surface area contributed by atoms with Crippen LogP contribution in [0.2, 0.25) is 0 Å². The zero-order valence-electron chi connectivity index (χ0n) is 16.1. The van der Waals surface area contributed by atoms with Crippen molar-refractivity contribution in [3.63, 3.8) is 0 Å². The smallest absolute Gasteiger partial charge is 0.408 e. The number of carbonyl (C=O) groups excluding carboxylic acids is 2. The first-order chi connectivity index (χ1) is 12.5. The van der Waals surface area contributed by atoms with Gasteiger partial charge in [-0.2, -0.15) is 8.42 Å². The number of ether oxygens (including phenoxy) is 2. The number of carbonyl (C=O) groups is 2. The molecule has 27 heavy (non-hydrogen) atoms. The lowest BCUT2D eigenvalue weighted by Crippen LogP contribution is -2.44. The van der Waals surface area contributed by atoms with E-state index in [1.807, 2.05) is 18.2 Å². The van der Waals surface area contributed by atoms with Crippen LogP contribution in [0.3, 0.4) is 0 Å². The molecule has 0 aliphatic heterocycles. The fraction of sp³-hybridized carbons (Fsp3) is 0.556. The first kappa shape index (κ1) is 22.9. The van der Waals surface area contributed by atoms with E-state index in [1.54, 1.807) is 32.9 Å². The zero-order chi connectivity index (χ0) is 20.5. The van der Waals surface area contributed by atoms with Gasteiger partial charge in [0, 0.05) is 0 Å². The highest BCUT2D eigenvalue weighted by atomic mass is 32.2. The lowest BCUT2D eigenvalue weighted by molar-refractivity contribution is -0.157. The van der Waals surface area contributed by atoms with Crippen LogP contribution in [0.15, 0.2) is 30.3 Å². The Balaban J connectivity index is 2.60. The van der Waals surface area contributed by atoms with Crippen molar-refractivity contribution in [2.75, 3.05) is 12.9 Å². The Bertz CT molecular complexity index is 711. The molecule has 1 aromatic rings. The monoisotopic (exact) mass is 401 g/mol. The second-order valence-corrected chi connectivity index (χ2v) is 8.60. The third kappa shape index (κ3) is 11.2. The van der Waals surface area contributed by atoms with Gasteiger partial charge < -0.3 is 14.8 Å². The van der Waals surface area contributed by atoms with Gasteiger partial charge in [-0.25, -0.2) is 9.59 Å². The van der Waals surface area contributed by atoms with Crippen LogP contribution in [-0.2, 0) is 35.2 Å². The van der Waals surface area contributed by atoms with Gasteiger partial charge in [0.2, 0.25) is 0 Å². The summed E-state index contributed by atoms with van der Waals surface area (Å²) in [6.45, 7) is 5.09. The molecule has 0 unspecified atom stereocenters. The molecule has 0 aliphatic rings. The van der Waals surface area contributed by atoms with Crippen LogP contribution in [0.1, 0.15) is 39.2 Å². The summed E-state index contributed by atoms with van der Waals surface area (Å²) in [5.41, 5.74) is 0.0804. The Morgan fingerprint density at radius 2 is 1.78 bits per heavy atom. The van der Waals surface area contributed by atoms with Crippen LogP contribution < -0.4 is 5.32 Å². The van der Waals surface area contributed by atoms with E-state index >= 15 is 0 Å². The maximum Gasteiger partial charge on any atom is 0.408 e. The van der Waals surface area contributed by atoms with E-state index in [9.17, 15) is 18.0 Å². The number of benzene rings is 1. The van der Waals surface area contributed by atoms with Gasteiger partial charge in [-0.1, -0.05) is 30.3 Å². The standard InChI is InChI=1S/C18H27NO7S/c1-18(2,3)26-16(20)15(11-8-12-25-27(4,22)23)19-17(21)24-13-14-9-6-5-7-10-14/h5-7,9-10,15H,8,11-13H2,1-4H3,(H,19,21)/t15-/m0/s1. The summed E-state index contributed by atoms with van der Waals surface area (Å²) in [7, 11) is -3.56. The Morgan fingerprint density at radius 1 is 1.15 bits per heavy atom. The maximum atomic E-state index is 12.3. The van der Waals surface area contributed by atoms with Crippen molar-refractivity contribution in [3.8, 4) is 0 Å². The third-order valence-electron chi connectivity index (χ3n) is 3.13. The molecule has 0 saturated heterocycles. The highest BCUT2D eigenvalue weighted by Gasteiger charge is 2.27. The molecule has 1 rings (SSSR count). The molecule has 0 radical (unpaired) electrons. The van der Waals surface area contributed by atoms with Gasteiger partial charge >= 0.3 is 12.1 Å². The van der Waals surface area contributed by atoms with Crippen molar-refractivity contribution in [2.45, 2.75) is 51.9 Å². The molecule has 0 bridgehead atoms. The summed E-state index contributed by atoms with van der Waals surface area (Å²) in [4.78, 5) is 24.3. The molecule has 0 spiro atoms. The second kappa shape index (κ2) is 10.3. The molecule has 0 fully saturated rings. The predicted molar refractivity (Wildman–Crippen MR) is 99.4 cm³/mol. The van der Waals surface area contributed by atoms with Crippen molar-refractivity contribution in [2.24, 2.45) is 0 Å². The molecule has 152 valence electrons. The van der Waals surface area contributed by atoms with Gasteiger partial charge in [-0.15, -0.1) is 0 Å². The lowest BCUT2D eigenvalue weighted by atomic mass is 10.1. The minimum absolute atomic E-state index is 0.0604.